The van der Waals surface area contributed by atoms with Crippen molar-refractivity contribution >= 4 is 11.3 Å². The summed E-state index contributed by atoms with van der Waals surface area (Å²) in [5, 5.41) is 7.42. The lowest BCUT2D eigenvalue weighted by Gasteiger charge is -1.86. The quantitative estimate of drug-likeness (QED) is 0.522. The van der Waals surface area contributed by atoms with Crippen LogP contribution < -0.4 is 0 Å². The zero-order valence-corrected chi connectivity index (χ0v) is 5.60. The number of hydrogen-bond acceptors (Lipinski definition) is 2. The number of nitrogens with zero attached hydrogens (tertiary/aromatic N) is 4. The van der Waals surface area contributed by atoms with Crippen LogP contribution in [0.2, 0.25) is 0 Å². The Kier molecular flexibility index (Phi) is 1.10. The highest BCUT2D eigenvalue weighted by Gasteiger charge is 2.03. The van der Waals surface area contributed by atoms with Crippen LogP contribution in [0.3, 0.4) is 0 Å². The fourth-order valence-corrected chi connectivity index (χ4v) is 0.911. The predicted octanol–water partition coefficient (Wildman–Crippen LogP) is 1.28. The fourth-order valence-electron chi connectivity index (χ4n) is 0.911. The second-order valence-electron chi connectivity index (χ2n) is 2.06. The van der Waals surface area contributed by atoms with Gasteiger partial charge >= 0.3 is 5.82 Å². The Labute approximate surface area is 62.9 Å². The summed E-state index contributed by atoms with van der Waals surface area (Å²) in [6.45, 7) is 6.75. The predicted molar refractivity (Wildman–Crippen MR) is 39.2 cm³/mol. The Bertz CT molecular complexity index is 423. The van der Waals surface area contributed by atoms with Gasteiger partial charge in [0.1, 0.15) is 0 Å². The molecular weight excluding hydrogens is 140 g/mol. The van der Waals surface area contributed by atoms with E-state index in [1.807, 2.05) is 18.2 Å². The molecule has 0 amide bonds. The second kappa shape index (κ2) is 2.06. The number of rotatable bonds is 0. The van der Waals surface area contributed by atoms with Crippen LogP contribution in [-0.4, -0.2) is 14.8 Å². The molecule has 0 aromatic carbocycles. The monoisotopic (exact) mass is 144 g/mol. The zero-order chi connectivity index (χ0) is 7.68. The molecule has 0 unspecified atom stereocenters. The first kappa shape index (κ1) is 5.86. The van der Waals surface area contributed by atoms with Gasteiger partial charge in [-0.25, -0.2) is 4.52 Å². The molecule has 2 heterocycles. The van der Waals surface area contributed by atoms with E-state index in [2.05, 4.69) is 15.2 Å². The van der Waals surface area contributed by atoms with E-state index < -0.39 is 0 Å². The minimum atomic E-state index is 0.352. The molecule has 11 heavy (non-hydrogen) atoms. The Morgan fingerprint density at radius 2 is 2.36 bits per heavy atom. The van der Waals surface area contributed by atoms with Crippen LogP contribution in [0, 0.1) is 6.57 Å². The molecule has 4 heteroatoms. The average molecular weight is 144 g/mol. The molecular formula is C7H4N4. The molecule has 0 fully saturated rings. The summed E-state index contributed by atoms with van der Waals surface area (Å²) in [6, 6.07) is 5.51. The first-order valence-electron chi connectivity index (χ1n) is 3.09. The van der Waals surface area contributed by atoms with Gasteiger partial charge in [-0.1, -0.05) is 12.6 Å². The van der Waals surface area contributed by atoms with Crippen LogP contribution in [0.4, 0.5) is 5.82 Å². The number of aromatic nitrogens is 3. The maximum Gasteiger partial charge on any atom is 0.323 e. The van der Waals surface area contributed by atoms with Crippen LogP contribution in [-0.2, 0) is 0 Å². The lowest BCUT2D eigenvalue weighted by atomic mass is 10.4. The fraction of sp³-hybridized carbons (Fsp3) is 0. The summed E-state index contributed by atoms with van der Waals surface area (Å²) in [5.74, 6) is 0.352. The maximum absolute atomic E-state index is 6.75. The van der Waals surface area contributed by atoms with E-state index >= 15 is 0 Å². The molecule has 52 valence electrons. The van der Waals surface area contributed by atoms with E-state index in [0.29, 0.717) is 5.82 Å². The standard InChI is InChI=1S/C7H4N4/c1-8-7-6-4-2-3-5-11(6)10-9-7/h2-5H. The molecule has 0 N–H and O–H groups in total. The van der Waals surface area contributed by atoms with Crippen molar-refractivity contribution in [3.05, 3.63) is 35.8 Å². The molecule has 0 aliphatic rings. The Balaban J connectivity index is 2.89. The summed E-state index contributed by atoms with van der Waals surface area (Å²) >= 11 is 0. The molecule has 0 saturated carbocycles. The lowest BCUT2D eigenvalue weighted by Crippen LogP contribution is -1.82. The molecule has 0 radical (unpaired) electrons. The van der Waals surface area contributed by atoms with Crippen LogP contribution >= 0.6 is 0 Å². The van der Waals surface area contributed by atoms with E-state index in [-0.39, 0.29) is 0 Å². The Morgan fingerprint density at radius 3 is 3.18 bits per heavy atom. The van der Waals surface area contributed by atoms with E-state index in [9.17, 15) is 0 Å². The van der Waals surface area contributed by atoms with Gasteiger partial charge in [-0.15, -0.1) is 0 Å². The van der Waals surface area contributed by atoms with Gasteiger partial charge in [0.05, 0.1) is 5.52 Å². The van der Waals surface area contributed by atoms with Gasteiger partial charge in [0.2, 0.25) is 0 Å². The third-order valence-electron chi connectivity index (χ3n) is 1.41. The highest BCUT2D eigenvalue weighted by molar-refractivity contribution is 5.67. The first-order valence-corrected chi connectivity index (χ1v) is 3.09. The summed E-state index contributed by atoms with van der Waals surface area (Å²) < 4.78 is 1.58. The first-order chi connectivity index (χ1) is 5.42. The lowest BCUT2D eigenvalue weighted by molar-refractivity contribution is 0.858. The topological polar surface area (TPSA) is 34.5 Å². The van der Waals surface area contributed by atoms with Crippen LogP contribution in [0.1, 0.15) is 0 Å². The van der Waals surface area contributed by atoms with Crippen molar-refractivity contribution in [1.29, 1.82) is 0 Å². The summed E-state index contributed by atoms with van der Waals surface area (Å²) in [6.07, 6.45) is 1.76. The van der Waals surface area contributed by atoms with Crippen molar-refractivity contribution in [2.45, 2.75) is 0 Å². The normalized spacial score (nSPS) is 9.73. The van der Waals surface area contributed by atoms with Crippen molar-refractivity contribution in [1.82, 2.24) is 14.8 Å². The van der Waals surface area contributed by atoms with Crippen molar-refractivity contribution < 1.29 is 0 Å². The van der Waals surface area contributed by atoms with Gasteiger partial charge < -0.3 is 4.85 Å². The van der Waals surface area contributed by atoms with Crippen molar-refractivity contribution in [3.8, 4) is 0 Å². The Hall–Kier alpha value is -1.89. The highest BCUT2D eigenvalue weighted by atomic mass is 15.4. The summed E-state index contributed by atoms with van der Waals surface area (Å²) in [5.41, 5.74) is 0.752. The SMILES string of the molecule is [C-]#[N+]c1nnn2ccccc12. The van der Waals surface area contributed by atoms with Crippen molar-refractivity contribution in [2.24, 2.45) is 0 Å². The average Bonchev–Trinajstić information content (AvgIpc) is 2.47. The van der Waals surface area contributed by atoms with Gasteiger partial charge in [-0.2, -0.15) is 0 Å². The molecule has 2 rings (SSSR count). The molecule has 2 aromatic heterocycles. The molecule has 0 aliphatic heterocycles. The van der Waals surface area contributed by atoms with Gasteiger partial charge in [0.15, 0.2) is 0 Å². The third kappa shape index (κ3) is 0.749. The third-order valence-corrected chi connectivity index (χ3v) is 1.41. The molecule has 0 spiro atoms. The van der Waals surface area contributed by atoms with Gasteiger partial charge in [-0.3, -0.25) is 0 Å². The smallest absolute Gasteiger partial charge is 0.323 e. The van der Waals surface area contributed by atoms with Crippen molar-refractivity contribution in [2.75, 3.05) is 0 Å². The number of hydrogen-bond donors (Lipinski definition) is 0. The molecule has 2 aromatic rings. The van der Waals surface area contributed by atoms with Crippen molar-refractivity contribution in [3.63, 3.8) is 0 Å². The molecule has 0 aliphatic carbocycles. The minimum Gasteiger partial charge on any atom is -0.357 e. The van der Waals surface area contributed by atoms with Crippen LogP contribution in [0.5, 0.6) is 0 Å². The Morgan fingerprint density at radius 1 is 1.45 bits per heavy atom. The number of fused-ring (bicyclic) bond motifs is 1. The van der Waals surface area contributed by atoms with Crippen LogP contribution in [0.25, 0.3) is 10.4 Å². The van der Waals surface area contributed by atoms with Gasteiger partial charge in [-0.05, 0) is 12.1 Å². The van der Waals surface area contributed by atoms with Gasteiger partial charge in [0, 0.05) is 16.5 Å². The summed E-state index contributed by atoms with van der Waals surface area (Å²) in [7, 11) is 0. The largest absolute Gasteiger partial charge is 0.357 e. The van der Waals surface area contributed by atoms with E-state index in [0.717, 1.165) is 5.52 Å². The van der Waals surface area contributed by atoms with E-state index in [1.165, 1.54) is 0 Å². The highest BCUT2D eigenvalue weighted by Crippen LogP contribution is 2.14. The molecule has 0 saturated heterocycles. The second-order valence-corrected chi connectivity index (χ2v) is 2.06. The molecule has 4 nitrogen and oxygen atoms in total. The van der Waals surface area contributed by atoms with Crippen LogP contribution in [0.15, 0.2) is 24.4 Å². The zero-order valence-electron chi connectivity index (χ0n) is 5.60. The van der Waals surface area contributed by atoms with Gasteiger partial charge in [0.25, 0.3) is 0 Å². The molecule has 0 bridgehead atoms. The number of pyridine rings is 1. The minimum absolute atomic E-state index is 0.352. The molecule has 0 atom stereocenters. The van der Waals surface area contributed by atoms with E-state index in [1.54, 1.807) is 10.7 Å². The summed E-state index contributed by atoms with van der Waals surface area (Å²) in [4.78, 5) is 3.21. The maximum atomic E-state index is 6.75. The van der Waals surface area contributed by atoms with E-state index in [4.69, 9.17) is 6.57 Å².